The van der Waals surface area contributed by atoms with Crippen molar-refractivity contribution in [2.75, 3.05) is 16.2 Å². The molecule has 0 atom stereocenters. The van der Waals surface area contributed by atoms with Crippen molar-refractivity contribution in [3.63, 3.8) is 0 Å². The molecule has 35 heavy (non-hydrogen) atoms. The third kappa shape index (κ3) is 8.00. The molecule has 0 saturated carbocycles. The van der Waals surface area contributed by atoms with Crippen molar-refractivity contribution in [2.24, 2.45) is 0 Å². The van der Waals surface area contributed by atoms with E-state index in [4.69, 9.17) is 9.90 Å². The topological polar surface area (TPSA) is 124 Å². The second kappa shape index (κ2) is 11.7. The number of benzene rings is 2. The van der Waals surface area contributed by atoms with Crippen LogP contribution < -0.4 is 9.62 Å². The van der Waals surface area contributed by atoms with Gasteiger partial charge in [-0.15, -0.1) is 11.3 Å². The number of carboxylic acids is 2. The summed E-state index contributed by atoms with van der Waals surface area (Å²) in [6.07, 6.45) is -5.08. The van der Waals surface area contributed by atoms with E-state index in [-0.39, 0.29) is 15.5 Å². The fraction of sp³-hybridized carbons (Fsp3) is 0.182. The maximum atomic E-state index is 12.4. The third-order valence-electron chi connectivity index (χ3n) is 4.42. The second-order valence-corrected chi connectivity index (χ2v) is 9.73. The lowest BCUT2D eigenvalue weighted by molar-refractivity contribution is -0.192. The van der Waals surface area contributed by atoms with Crippen LogP contribution in [0.25, 0.3) is 0 Å². The van der Waals surface area contributed by atoms with Crippen LogP contribution in [-0.4, -0.2) is 43.3 Å². The predicted molar refractivity (Wildman–Crippen MR) is 125 cm³/mol. The normalized spacial score (nSPS) is 11.2. The Kier molecular flexibility index (Phi) is 9.25. The van der Waals surface area contributed by atoms with E-state index >= 15 is 0 Å². The molecule has 1 heterocycles. The summed E-state index contributed by atoms with van der Waals surface area (Å²) in [6, 6.07) is 17.5. The number of aromatic carboxylic acids is 1. The Morgan fingerprint density at radius 2 is 1.66 bits per heavy atom. The summed E-state index contributed by atoms with van der Waals surface area (Å²) in [7, 11) is -3.74. The molecule has 0 spiro atoms. The van der Waals surface area contributed by atoms with E-state index in [0.717, 1.165) is 16.9 Å². The summed E-state index contributed by atoms with van der Waals surface area (Å²) >= 11 is 1.10. The Morgan fingerprint density at radius 3 is 2.14 bits per heavy atom. The number of carbonyl (C=O) groups is 2. The lowest BCUT2D eigenvalue weighted by atomic mass is 10.1. The number of rotatable bonds is 8. The molecule has 3 aromatic rings. The number of nitrogens with zero attached hydrogens (tertiary/aromatic N) is 1. The van der Waals surface area contributed by atoms with Crippen LogP contribution in [0.2, 0.25) is 0 Å². The number of hydrogen-bond donors (Lipinski definition) is 3. The van der Waals surface area contributed by atoms with Crippen molar-refractivity contribution in [1.29, 1.82) is 0 Å². The number of sulfonamides is 1. The molecule has 8 nitrogen and oxygen atoms in total. The first-order valence-electron chi connectivity index (χ1n) is 9.87. The highest BCUT2D eigenvalue weighted by atomic mass is 32.2. The highest BCUT2D eigenvalue weighted by Gasteiger charge is 2.38. The molecule has 3 N–H and O–H groups in total. The van der Waals surface area contributed by atoms with E-state index < -0.39 is 28.1 Å². The zero-order chi connectivity index (χ0) is 26.2. The van der Waals surface area contributed by atoms with Gasteiger partial charge in [-0.3, -0.25) is 4.72 Å². The molecule has 0 amide bonds. The van der Waals surface area contributed by atoms with Crippen molar-refractivity contribution in [3.8, 4) is 0 Å². The highest BCUT2D eigenvalue weighted by Crippen LogP contribution is 2.28. The van der Waals surface area contributed by atoms with Crippen LogP contribution in [0.5, 0.6) is 0 Å². The molecule has 188 valence electrons. The summed E-state index contributed by atoms with van der Waals surface area (Å²) in [5.41, 5.74) is 1.86. The van der Waals surface area contributed by atoms with Gasteiger partial charge in [0, 0.05) is 18.8 Å². The molecule has 0 bridgehead atoms. The zero-order valence-electron chi connectivity index (χ0n) is 18.2. The van der Waals surface area contributed by atoms with Gasteiger partial charge in [-0.05, 0) is 42.1 Å². The minimum atomic E-state index is -5.08. The molecular weight excluding hydrogens is 509 g/mol. The van der Waals surface area contributed by atoms with Crippen molar-refractivity contribution >= 4 is 44.7 Å². The van der Waals surface area contributed by atoms with Crippen molar-refractivity contribution in [2.45, 2.75) is 23.9 Å². The lowest BCUT2D eigenvalue weighted by Gasteiger charge is -2.25. The van der Waals surface area contributed by atoms with Gasteiger partial charge in [-0.2, -0.15) is 13.2 Å². The molecule has 0 aliphatic carbocycles. The maximum Gasteiger partial charge on any atom is 0.490 e. The van der Waals surface area contributed by atoms with Crippen LogP contribution in [0.1, 0.15) is 22.8 Å². The first kappa shape index (κ1) is 27.7. The molecule has 0 aliphatic rings. The number of nitrogens with one attached hydrogen (secondary N) is 1. The van der Waals surface area contributed by atoms with Crippen LogP contribution >= 0.6 is 11.3 Å². The fourth-order valence-electron chi connectivity index (χ4n) is 2.84. The summed E-state index contributed by atoms with van der Waals surface area (Å²) in [5, 5.41) is 18.5. The molecule has 13 heteroatoms. The van der Waals surface area contributed by atoms with E-state index in [1.807, 2.05) is 42.2 Å². The minimum Gasteiger partial charge on any atom is -0.478 e. The molecule has 3 rings (SSSR count). The largest absolute Gasteiger partial charge is 0.490 e. The molecule has 0 saturated heterocycles. The highest BCUT2D eigenvalue weighted by molar-refractivity contribution is 7.94. The van der Waals surface area contributed by atoms with Crippen LogP contribution in [0, 0.1) is 0 Å². The quantitative estimate of drug-likeness (QED) is 0.378. The molecular formula is C22H21F3N2O6S2. The van der Waals surface area contributed by atoms with E-state index in [9.17, 15) is 31.5 Å². The monoisotopic (exact) mass is 530 g/mol. The number of hydrogen-bond acceptors (Lipinski definition) is 6. The van der Waals surface area contributed by atoms with E-state index in [1.165, 1.54) is 12.1 Å². The Balaban J connectivity index is 0.000000540. The van der Waals surface area contributed by atoms with Crippen LogP contribution in [0.3, 0.4) is 0 Å². The van der Waals surface area contributed by atoms with Crippen LogP contribution in [-0.2, 0) is 21.4 Å². The third-order valence-corrected chi connectivity index (χ3v) is 7.20. The predicted octanol–water partition coefficient (Wildman–Crippen LogP) is 4.91. The number of aliphatic carboxylic acids is 1. The second-order valence-electron chi connectivity index (χ2n) is 6.88. The average molecular weight is 531 g/mol. The van der Waals surface area contributed by atoms with Gasteiger partial charge in [0.1, 0.15) is 4.21 Å². The van der Waals surface area contributed by atoms with Gasteiger partial charge < -0.3 is 15.1 Å². The first-order valence-corrected chi connectivity index (χ1v) is 12.2. The zero-order valence-corrected chi connectivity index (χ0v) is 19.8. The maximum absolute atomic E-state index is 12.4. The number of alkyl halides is 3. The minimum absolute atomic E-state index is 0.0455. The van der Waals surface area contributed by atoms with Gasteiger partial charge in [0.15, 0.2) is 0 Å². The molecule has 0 fully saturated rings. The van der Waals surface area contributed by atoms with Crippen molar-refractivity contribution in [3.05, 3.63) is 77.2 Å². The van der Waals surface area contributed by atoms with Crippen LogP contribution in [0.15, 0.2) is 70.3 Å². The summed E-state index contributed by atoms with van der Waals surface area (Å²) in [4.78, 5) is 22.7. The first-order chi connectivity index (χ1) is 16.3. The van der Waals surface area contributed by atoms with E-state index in [0.29, 0.717) is 18.8 Å². The van der Waals surface area contributed by atoms with E-state index in [1.54, 1.807) is 23.6 Å². The molecule has 2 aromatic carbocycles. The van der Waals surface area contributed by atoms with Gasteiger partial charge in [0.05, 0.1) is 11.3 Å². The number of carboxylic acid groups (broad SMARTS) is 2. The SMILES string of the molecule is CCN(Cc1ccccc1)c1ccc(NS(=O)(=O)c2cccs2)cc1C(=O)O.O=C(O)C(F)(F)F. The van der Waals surface area contributed by atoms with Crippen molar-refractivity contribution < 1.29 is 41.4 Å². The van der Waals surface area contributed by atoms with Gasteiger partial charge in [0.25, 0.3) is 10.0 Å². The lowest BCUT2D eigenvalue weighted by Crippen LogP contribution is -2.24. The Labute approximate surface area is 203 Å². The van der Waals surface area contributed by atoms with Gasteiger partial charge in [-0.25, -0.2) is 18.0 Å². The Bertz CT molecular complexity index is 1250. The van der Waals surface area contributed by atoms with Crippen LogP contribution in [0.4, 0.5) is 24.5 Å². The van der Waals surface area contributed by atoms with E-state index in [2.05, 4.69) is 4.72 Å². The number of anilines is 2. The number of halogens is 3. The van der Waals surface area contributed by atoms with Gasteiger partial charge in [-0.1, -0.05) is 36.4 Å². The summed E-state index contributed by atoms with van der Waals surface area (Å²) in [5.74, 6) is -3.87. The fourth-order valence-corrected chi connectivity index (χ4v) is 4.88. The number of thiophene rings is 1. The average Bonchev–Trinajstić information content (AvgIpc) is 3.34. The molecule has 0 radical (unpaired) electrons. The smallest absolute Gasteiger partial charge is 0.478 e. The summed E-state index contributed by atoms with van der Waals surface area (Å²) < 4.78 is 59.2. The summed E-state index contributed by atoms with van der Waals surface area (Å²) in [6.45, 7) is 3.11. The molecule has 0 unspecified atom stereocenters. The Morgan fingerprint density at radius 1 is 1.03 bits per heavy atom. The van der Waals surface area contributed by atoms with Crippen molar-refractivity contribution in [1.82, 2.24) is 0 Å². The standard InChI is InChI=1S/C20H20N2O4S2.C2HF3O2/c1-2-22(14-15-7-4-3-5-8-15)18-11-10-16(13-17(18)20(23)24)21-28(25,26)19-9-6-12-27-19;3-2(4,5)1(6)7/h3-13,21H,2,14H2,1H3,(H,23,24);(H,6,7). The van der Waals surface area contributed by atoms with Gasteiger partial charge in [0.2, 0.25) is 0 Å². The molecule has 1 aromatic heterocycles. The van der Waals surface area contributed by atoms with Gasteiger partial charge >= 0.3 is 18.1 Å². The molecule has 0 aliphatic heterocycles. The Hall–Kier alpha value is -3.58.